The highest BCUT2D eigenvalue weighted by molar-refractivity contribution is 5.94. The average Bonchev–Trinajstić information content (AvgIpc) is 3.62. The molecule has 2 saturated heterocycles. The third-order valence-corrected chi connectivity index (χ3v) is 9.02. The highest BCUT2D eigenvalue weighted by atomic mass is 16.5. The van der Waals surface area contributed by atoms with Crippen molar-refractivity contribution in [1.82, 2.24) is 4.90 Å². The van der Waals surface area contributed by atoms with Gasteiger partial charge in [-0.15, -0.1) is 0 Å². The number of likely N-dealkylation sites (tertiary alicyclic amines) is 1. The van der Waals surface area contributed by atoms with Crippen LogP contribution >= 0.6 is 0 Å². The number of aryl methyl sites for hydroxylation is 1. The van der Waals surface area contributed by atoms with Gasteiger partial charge in [0.05, 0.1) is 13.2 Å². The molecule has 0 radical (unpaired) electrons. The van der Waals surface area contributed by atoms with Crippen molar-refractivity contribution in [3.63, 3.8) is 0 Å². The molecule has 36 heavy (non-hydrogen) atoms. The van der Waals surface area contributed by atoms with Crippen LogP contribution in [0.15, 0.2) is 54.1 Å². The van der Waals surface area contributed by atoms with Crippen LogP contribution in [0.4, 0.5) is 0 Å². The maximum absolute atomic E-state index is 11.7. The maximum atomic E-state index is 11.7. The van der Waals surface area contributed by atoms with Crippen LogP contribution in [0, 0.1) is 30.1 Å². The zero-order valence-electron chi connectivity index (χ0n) is 22.7. The highest BCUT2D eigenvalue weighted by Gasteiger charge is 2.41. The van der Waals surface area contributed by atoms with Crippen molar-refractivity contribution in [3.05, 3.63) is 76.4 Å². The van der Waals surface area contributed by atoms with Crippen LogP contribution in [-0.2, 0) is 11.2 Å². The number of allylic oxidation sites excluding steroid dienone is 2. The average molecular weight is 486 g/mol. The first kappa shape index (κ1) is 25.4. The Morgan fingerprint density at radius 3 is 2.33 bits per heavy atom. The second-order valence-corrected chi connectivity index (χ2v) is 12.3. The molecule has 2 aromatic rings. The molecule has 2 aliphatic heterocycles. The van der Waals surface area contributed by atoms with Gasteiger partial charge in [-0.05, 0) is 106 Å². The summed E-state index contributed by atoms with van der Waals surface area (Å²) in [6.45, 7) is 14.2. The normalized spacial score (nSPS) is 24.7. The number of hydrogen-bond acceptors (Lipinski definition) is 3. The zero-order chi connectivity index (χ0) is 25.3. The molecular formula is C33H43NO2. The fraction of sp³-hybridized carbons (Fsp3) is 0.545. The quantitative estimate of drug-likeness (QED) is 0.359. The van der Waals surface area contributed by atoms with Crippen molar-refractivity contribution in [2.45, 2.75) is 59.8 Å². The Kier molecular flexibility index (Phi) is 7.51. The van der Waals surface area contributed by atoms with Crippen molar-refractivity contribution in [2.24, 2.45) is 23.2 Å². The Bertz CT molecular complexity index is 1100. The van der Waals surface area contributed by atoms with E-state index in [4.69, 9.17) is 4.74 Å². The van der Waals surface area contributed by atoms with Crippen LogP contribution in [0.3, 0.4) is 0 Å². The summed E-state index contributed by atoms with van der Waals surface area (Å²) in [6, 6.07) is 17.1. The molecule has 192 valence electrons. The summed E-state index contributed by atoms with van der Waals surface area (Å²) in [7, 11) is 0. The Balaban J connectivity index is 1.24. The van der Waals surface area contributed by atoms with Crippen molar-refractivity contribution in [3.8, 4) is 0 Å². The molecule has 3 heteroatoms. The molecule has 0 aromatic heterocycles. The third-order valence-electron chi connectivity index (χ3n) is 9.02. The van der Waals surface area contributed by atoms with E-state index in [9.17, 15) is 4.79 Å². The molecule has 2 aromatic carbocycles. The number of rotatable bonds is 9. The molecule has 3 fully saturated rings. The van der Waals surface area contributed by atoms with Gasteiger partial charge >= 0.3 is 0 Å². The summed E-state index contributed by atoms with van der Waals surface area (Å²) in [5, 5.41) is 0. The summed E-state index contributed by atoms with van der Waals surface area (Å²) in [6.07, 6.45) is 6.38. The van der Waals surface area contributed by atoms with E-state index in [2.05, 4.69) is 62.1 Å². The molecule has 5 rings (SSSR count). The van der Waals surface area contributed by atoms with E-state index in [0.717, 1.165) is 43.0 Å². The Morgan fingerprint density at radius 2 is 1.72 bits per heavy atom. The predicted molar refractivity (Wildman–Crippen MR) is 148 cm³/mol. The smallest absolute Gasteiger partial charge is 0.159 e. The topological polar surface area (TPSA) is 29.5 Å². The van der Waals surface area contributed by atoms with E-state index in [1.807, 2.05) is 12.1 Å². The van der Waals surface area contributed by atoms with Gasteiger partial charge < -0.3 is 9.64 Å². The molecule has 2 atom stereocenters. The Labute approximate surface area is 217 Å². The molecule has 3 aliphatic rings. The van der Waals surface area contributed by atoms with Gasteiger partial charge in [0, 0.05) is 17.5 Å². The number of nitrogens with zero attached hydrogens (tertiary/aromatic N) is 1. The van der Waals surface area contributed by atoms with Gasteiger partial charge in [0.1, 0.15) is 0 Å². The van der Waals surface area contributed by atoms with E-state index < -0.39 is 0 Å². The third kappa shape index (κ3) is 5.84. The van der Waals surface area contributed by atoms with Gasteiger partial charge in [0.2, 0.25) is 0 Å². The van der Waals surface area contributed by atoms with E-state index in [0.29, 0.717) is 5.41 Å². The molecule has 2 unspecified atom stereocenters. The lowest BCUT2D eigenvalue weighted by Crippen LogP contribution is -2.50. The SMILES string of the molecule is CC(=O)c1ccc(C/C(=C(\C)C2CC2CC2CCN(CC3(C)COC3)CC2)c2ccccc2C)cc1. The first-order valence-corrected chi connectivity index (χ1v) is 14.0. The second-order valence-electron chi connectivity index (χ2n) is 12.3. The van der Waals surface area contributed by atoms with Gasteiger partial charge in [-0.1, -0.05) is 61.0 Å². The number of Topliss-reactive ketones (excluding diaryl/α,β-unsaturated/α-hetero) is 1. The lowest BCUT2D eigenvalue weighted by atomic mass is 9.85. The van der Waals surface area contributed by atoms with Gasteiger partial charge in [-0.3, -0.25) is 4.79 Å². The fourth-order valence-electron chi connectivity index (χ4n) is 6.57. The number of carbonyl (C=O) groups is 1. The fourth-order valence-corrected chi connectivity index (χ4v) is 6.57. The molecule has 0 amide bonds. The minimum absolute atomic E-state index is 0.130. The van der Waals surface area contributed by atoms with Crippen LogP contribution in [0.25, 0.3) is 5.57 Å². The number of ketones is 1. The van der Waals surface area contributed by atoms with Gasteiger partial charge in [-0.2, -0.15) is 0 Å². The van der Waals surface area contributed by atoms with Gasteiger partial charge in [0.15, 0.2) is 5.78 Å². The molecular weight excluding hydrogens is 442 g/mol. The van der Waals surface area contributed by atoms with E-state index >= 15 is 0 Å². The maximum Gasteiger partial charge on any atom is 0.159 e. The number of carbonyl (C=O) groups excluding carboxylic acids is 1. The summed E-state index contributed by atoms with van der Waals surface area (Å²) < 4.78 is 5.46. The number of piperidine rings is 1. The first-order valence-electron chi connectivity index (χ1n) is 14.0. The summed E-state index contributed by atoms with van der Waals surface area (Å²) in [5.41, 5.74) is 8.28. The van der Waals surface area contributed by atoms with Gasteiger partial charge in [-0.25, -0.2) is 0 Å². The molecule has 2 heterocycles. The molecule has 0 bridgehead atoms. The lowest BCUT2D eigenvalue weighted by molar-refractivity contribution is -0.117. The van der Waals surface area contributed by atoms with Crippen LogP contribution in [0.1, 0.15) is 73.5 Å². The monoisotopic (exact) mass is 485 g/mol. The Morgan fingerprint density at radius 1 is 1.03 bits per heavy atom. The summed E-state index contributed by atoms with van der Waals surface area (Å²) in [4.78, 5) is 14.4. The largest absolute Gasteiger partial charge is 0.380 e. The summed E-state index contributed by atoms with van der Waals surface area (Å²) in [5.74, 6) is 2.58. The first-order chi connectivity index (χ1) is 17.3. The predicted octanol–water partition coefficient (Wildman–Crippen LogP) is 6.99. The molecule has 0 spiro atoms. The molecule has 1 aliphatic carbocycles. The molecule has 0 N–H and O–H groups in total. The summed E-state index contributed by atoms with van der Waals surface area (Å²) >= 11 is 0. The van der Waals surface area contributed by atoms with E-state index in [1.54, 1.807) is 12.5 Å². The number of ether oxygens (including phenoxy) is 1. The standard InChI is InChI=1S/C33H43NO2/c1-23-7-5-6-8-30(23)32(18-26-9-11-28(12-10-26)25(3)35)24(2)31-19-29(31)17-27-13-15-34(16-14-27)20-33(4)21-36-22-33/h5-12,27,29,31H,13-22H2,1-4H3/b32-24-. The van der Waals surface area contributed by atoms with Crippen LogP contribution in [0.5, 0.6) is 0 Å². The van der Waals surface area contributed by atoms with E-state index in [-0.39, 0.29) is 5.78 Å². The number of hydrogen-bond donors (Lipinski definition) is 0. The second kappa shape index (κ2) is 10.6. The lowest BCUT2D eigenvalue weighted by Gasteiger charge is -2.43. The van der Waals surface area contributed by atoms with Gasteiger partial charge in [0.25, 0.3) is 0 Å². The van der Waals surface area contributed by atoms with Crippen molar-refractivity contribution >= 4 is 11.4 Å². The van der Waals surface area contributed by atoms with Crippen molar-refractivity contribution in [1.29, 1.82) is 0 Å². The Hall–Kier alpha value is -2.23. The molecule has 3 nitrogen and oxygen atoms in total. The van der Waals surface area contributed by atoms with Crippen molar-refractivity contribution in [2.75, 3.05) is 32.8 Å². The minimum atomic E-state index is 0.130. The van der Waals surface area contributed by atoms with E-state index in [1.165, 1.54) is 67.6 Å². The molecule has 1 saturated carbocycles. The van der Waals surface area contributed by atoms with Crippen LogP contribution in [0.2, 0.25) is 0 Å². The zero-order valence-corrected chi connectivity index (χ0v) is 22.7. The van der Waals surface area contributed by atoms with Crippen LogP contribution in [-0.4, -0.2) is 43.5 Å². The van der Waals surface area contributed by atoms with Crippen LogP contribution < -0.4 is 0 Å². The highest BCUT2D eigenvalue weighted by Crippen LogP contribution is 2.51. The van der Waals surface area contributed by atoms with Crippen molar-refractivity contribution < 1.29 is 9.53 Å². The minimum Gasteiger partial charge on any atom is -0.380 e. The number of benzene rings is 2.